The second-order valence-corrected chi connectivity index (χ2v) is 22.2. The third kappa shape index (κ3) is 62.0. The quantitative estimate of drug-likeness (QED) is 0.0420. The van der Waals surface area contributed by atoms with Gasteiger partial charge >= 0.3 is 0 Å². The summed E-state index contributed by atoms with van der Waals surface area (Å²) in [5.41, 5.74) is 0. The largest absolute Gasteiger partial charge is 0.394 e. The summed E-state index contributed by atoms with van der Waals surface area (Å²) >= 11 is 0. The lowest BCUT2D eigenvalue weighted by atomic mass is 10.0. The molecule has 0 rings (SSSR count). The van der Waals surface area contributed by atoms with Crippen LogP contribution in [0.2, 0.25) is 0 Å². The standard InChI is InChI=1S/C71H127NO3/c1-3-5-7-9-11-13-15-17-19-21-23-25-27-29-31-33-35-37-38-40-42-44-46-48-50-52-54-56-58-60-62-64-66-70(74)69(68-73)72-71(75)67-65-63-61-59-57-55-53-51-49-47-45-43-41-39-36-34-32-30-28-26-24-22-20-18-16-14-12-10-8-6-4-2/h6,8,12,14,18,20,24,26,30,32,36,39,43,45,49,51,69-70,73-74H,3-5,7,9-11,13,15-17,19,21-23,25,27-29,31,33-35,37-38,40-42,44,46-48,50,52-68H2,1-2H3,(H,72,75)/b8-6-,14-12-,20-18-,26-24-,32-30-,39-36-,45-43-,51-49-. The van der Waals surface area contributed by atoms with E-state index in [1.807, 2.05) is 0 Å². The van der Waals surface area contributed by atoms with Crippen molar-refractivity contribution in [3.63, 3.8) is 0 Å². The monoisotopic (exact) mass is 1040 g/mol. The Morgan fingerprint density at radius 2 is 0.587 bits per heavy atom. The van der Waals surface area contributed by atoms with Gasteiger partial charge in [-0.1, -0.05) is 342 Å². The highest BCUT2D eigenvalue weighted by Gasteiger charge is 2.20. The maximum atomic E-state index is 12.5. The molecule has 4 nitrogen and oxygen atoms in total. The predicted octanol–water partition coefficient (Wildman–Crippen LogP) is 22.4. The minimum atomic E-state index is -0.675. The lowest BCUT2D eigenvalue weighted by molar-refractivity contribution is -0.123. The summed E-state index contributed by atoms with van der Waals surface area (Å²) in [6, 6.07) is -0.554. The van der Waals surface area contributed by atoms with Crippen LogP contribution < -0.4 is 5.32 Å². The fourth-order valence-electron chi connectivity index (χ4n) is 9.91. The minimum Gasteiger partial charge on any atom is -0.394 e. The molecule has 2 unspecified atom stereocenters. The van der Waals surface area contributed by atoms with Crippen LogP contribution in [0.4, 0.5) is 0 Å². The van der Waals surface area contributed by atoms with Crippen molar-refractivity contribution >= 4 is 5.91 Å². The van der Waals surface area contributed by atoms with Crippen LogP contribution in [0.3, 0.4) is 0 Å². The molecule has 0 aliphatic carbocycles. The third-order valence-corrected chi connectivity index (χ3v) is 14.9. The van der Waals surface area contributed by atoms with Gasteiger partial charge in [0.25, 0.3) is 0 Å². The van der Waals surface area contributed by atoms with Crippen molar-refractivity contribution in [1.29, 1.82) is 0 Å². The highest BCUT2D eigenvalue weighted by atomic mass is 16.3. The van der Waals surface area contributed by atoms with Crippen LogP contribution in [-0.2, 0) is 4.79 Å². The van der Waals surface area contributed by atoms with E-state index < -0.39 is 12.1 Å². The lowest BCUT2D eigenvalue weighted by Gasteiger charge is -2.22. The molecule has 0 heterocycles. The molecule has 0 radical (unpaired) electrons. The average molecular weight is 1040 g/mol. The van der Waals surface area contributed by atoms with Crippen LogP contribution in [0.25, 0.3) is 0 Å². The maximum absolute atomic E-state index is 12.5. The first kappa shape index (κ1) is 72.3. The van der Waals surface area contributed by atoms with Crippen LogP contribution in [0.5, 0.6) is 0 Å². The van der Waals surface area contributed by atoms with E-state index in [4.69, 9.17) is 0 Å². The number of hydrogen-bond donors (Lipinski definition) is 3. The summed E-state index contributed by atoms with van der Waals surface area (Å²) in [6.45, 7) is 4.26. The molecular weight excluding hydrogens is 915 g/mol. The molecule has 434 valence electrons. The lowest BCUT2D eigenvalue weighted by Crippen LogP contribution is -2.45. The molecule has 3 N–H and O–H groups in total. The summed E-state index contributed by atoms with van der Waals surface area (Å²) in [4.78, 5) is 12.5. The number of rotatable bonds is 60. The van der Waals surface area contributed by atoms with Gasteiger partial charge in [-0.05, 0) is 77.0 Å². The zero-order chi connectivity index (χ0) is 54.1. The molecule has 4 heteroatoms. The number of amides is 1. The highest BCUT2D eigenvalue weighted by molar-refractivity contribution is 5.76. The number of nitrogens with one attached hydrogen (secondary N) is 1. The third-order valence-electron chi connectivity index (χ3n) is 14.9. The molecule has 0 aromatic carbocycles. The van der Waals surface area contributed by atoms with Crippen molar-refractivity contribution in [2.75, 3.05) is 6.61 Å². The number of unbranched alkanes of at least 4 members (excludes halogenated alkanes) is 37. The Kier molecular flexibility index (Phi) is 63.2. The zero-order valence-electron chi connectivity index (χ0n) is 50.1. The summed E-state index contributed by atoms with van der Waals surface area (Å²) in [6.07, 6.45) is 97.2. The van der Waals surface area contributed by atoms with E-state index in [1.165, 1.54) is 212 Å². The molecule has 0 aliphatic rings. The van der Waals surface area contributed by atoms with E-state index in [1.54, 1.807) is 0 Å². The van der Waals surface area contributed by atoms with Crippen molar-refractivity contribution in [2.45, 2.75) is 341 Å². The Balaban J connectivity index is 3.51. The Hall–Kier alpha value is -2.69. The second-order valence-electron chi connectivity index (χ2n) is 22.2. The summed E-state index contributed by atoms with van der Waals surface area (Å²) in [7, 11) is 0. The van der Waals surface area contributed by atoms with Crippen LogP contribution in [-0.4, -0.2) is 34.9 Å². The molecule has 0 bridgehead atoms. The van der Waals surface area contributed by atoms with E-state index in [-0.39, 0.29) is 12.5 Å². The van der Waals surface area contributed by atoms with Gasteiger partial charge < -0.3 is 15.5 Å². The molecule has 0 saturated carbocycles. The van der Waals surface area contributed by atoms with Crippen molar-refractivity contribution in [2.24, 2.45) is 0 Å². The molecule has 75 heavy (non-hydrogen) atoms. The first-order valence-electron chi connectivity index (χ1n) is 32.9. The van der Waals surface area contributed by atoms with Gasteiger partial charge in [-0.15, -0.1) is 0 Å². The number of hydrogen-bond acceptors (Lipinski definition) is 3. The van der Waals surface area contributed by atoms with Crippen molar-refractivity contribution in [3.05, 3.63) is 97.2 Å². The molecule has 0 aliphatic heterocycles. The second kappa shape index (κ2) is 65.6. The van der Waals surface area contributed by atoms with Crippen LogP contribution in [0, 0.1) is 0 Å². The zero-order valence-corrected chi connectivity index (χ0v) is 50.1. The number of aliphatic hydroxyl groups excluding tert-OH is 2. The summed E-state index contributed by atoms with van der Waals surface area (Å²) in [5, 5.41) is 23.4. The van der Waals surface area contributed by atoms with Crippen LogP contribution in [0.1, 0.15) is 328 Å². The maximum Gasteiger partial charge on any atom is 0.220 e. The average Bonchev–Trinajstić information content (AvgIpc) is 3.41. The molecule has 0 aromatic heterocycles. The van der Waals surface area contributed by atoms with Gasteiger partial charge in [0, 0.05) is 6.42 Å². The number of aliphatic hydroxyl groups is 2. The number of carbonyl (C=O) groups excluding carboxylic acids is 1. The van der Waals surface area contributed by atoms with Gasteiger partial charge in [-0.2, -0.15) is 0 Å². The molecule has 0 aromatic rings. The van der Waals surface area contributed by atoms with Gasteiger partial charge in [-0.25, -0.2) is 0 Å². The van der Waals surface area contributed by atoms with Crippen molar-refractivity contribution < 1.29 is 15.0 Å². The fraction of sp³-hybridized carbons (Fsp3) is 0.761. The smallest absolute Gasteiger partial charge is 0.220 e. The van der Waals surface area contributed by atoms with Gasteiger partial charge in [0.15, 0.2) is 0 Å². The number of carbonyl (C=O) groups is 1. The Morgan fingerprint density at radius 3 is 0.880 bits per heavy atom. The van der Waals surface area contributed by atoms with Crippen molar-refractivity contribution in [3.8, 4) is 0 Å². The molecule has 1 amide bonds. The Bertz CT molecular complexity index is 1370. The molecule has 0 fully saturated rings. The van der Waals surface area contributed by atoms with Gasteiger partial charge in [-0.3, -0.25) is 4.79 Å². The molecule has 0 spiro atoms. The summed E-state index contributed by atoms with van der Waals surface area (Å²) < 4.78 is 0. The van der Waals surface area contributed by atoms with E-state index in [9.17, 15) is 15.0 Å². The topological polar surface area (TPSA) is 69.6 Å². The van der Waals surface area contributed by atoms with Gasteiger partial charge in [0.2, 0.25) is 5.91 Å². The van der Waals surface area contributed by atoms with Gasteiger partial charge in [0.1, 0.15) is 0 Å². The fourth-order valence-corrected chi connectivity index (χ4v) is 9.91. The van der Waals surface area contributed by atoms with E-state index in [0.717, 1.165) is 89.9 Å². The van der Waals surface area contributed by atoms with Crippen LogP contribution >= 0.6 is 0 Å². The molecule has 0 saturated heterocycles. The van der Waals surface area contributed by atoms with Crippen molar-refractivity contribution in [1.82, 2.24) is 5.32 Å². The summed E-state index contributed by atoms with van der Waals surface area (Å²) in [5.74, 6) is -0.0457. The molecular formula is C71H127NO3. The normalized spacial score (nSPS) is 13.4. The predicted molar refractivity (Wildman–Crippen MR) is 336 cm³/mol. The minimum absolute atomic E-state index is 0.0457. The Morgan fingerprint density at radius 1 is 0.333 bits per heavy atom. The van der Waals surface area contributed by atoms with Gasteiger partial charge in [0.05, 0.1) is 18.8 Å². The first-order chi connectivity index (χ1) is 37.2. The van der Waals surface area contributed by atoms with E-state index in [0.29, 0.717) is 12.8 Å². The first-order valence-corrected chi connectivity index (χ1v) is 32.9. The van der Waals surface area contributed by atoms with E-state index >= 15 is 0 Å². The Labute approximate surface area is 468 Å². The van der Waals surface area contributed by atoms with Crippen LogP contribution in [0.15, 0.2) is 97.2 Å². The highest BCUT2D eigenvalue weighted by Crippen LogP contribution is 2.18. The molecule has 2 atom stereocenters. The SMILES string of the molecule is CC/C=C\C/C=C\C/C=C\C/C=C\C/C=C\C/C=C\C/C=C\C/C=C\CCCCCCCCC(=O)NC(CO)C(O)CCCCCCCCCCCCCCCCCCCCCCCCCCCCCCCCCC. The number of allylic oxidation sites excluding steroid dienone is 16. The van der Waals surface area contributed by atoms with E-state index in [2.05, 4.69) is 116 Å².